The summed E-state index contributed by atoms with van der Waals surface area (Å²) in [5, 5.41) is 3.82. The minimum Gasteiger partial charge on any atom is -0.735 e. The number of hydrogen-bond donors (Lipinski definition) is 2. The van der Waals surface area contributed by atoms with E-state index in [2.05, 4.69) is 31.3 Å². The molecule has 1 radical (unpaired) electrons. The van der Waals surface area contributed by atoms with E-state index < -0.39 is 18.7 Å². The third-order valence-electron chi connectivity index (χ3n) is 7.46. The molecule has 5 heterocycles. The molecule has 0 fully saturated rings. The Balaban J connectivity index is 0.000000363. The number of nitrogens with one attached hydrogen (secondary N) is 2. The summed E-state index contributed by atoms with van der Waals surface area (Å²) >= 11 is 0. The van der Waals surface area contributed by atoms with E-state index in [-0.39, 0.29) is 17.1 Å². The monoisotopic (exact) mass is 807 g/mol. The molecule has 8 bridgehead atoms. The van der Waals surface area contributed by atoms with Crippen LogP contribution in [0.15, 0.2) is 97.1 Å². The first-order valence-corrected chi connectivity index (χ1v) is 18.8. The molecule has 4 aromatic carbocycles. The zero-order valence-electron chi connectivity index (χ0n) is 25.2. The number of aromatic nitrogens is 8. The van der Waals surface area contributed by atoms with Crippen molar-refractivity contribution in [2.75, 3.05) is 0 Å². The molecule has 0 saturated heterocycles. The second-order valence-electron chi connectivity index (χ2n) is 10.6. The number of nitrogens with zero attached hydrogens (tertiary/aromatic N) is 6. The second-order valence-corrected chi connectivity index (χ2v) is 14.4. The van der Waals surface area contributed by atoms with Gasteiger partial charge in [-0.05, 0) is 0 Å². The molecule has 0 unspecified atom stereocenters. The molecule has 0 aliphatic carbocycles. The number of rotatable bonds is 0. The van der Waals surface area contributed by atoms with Gasteiger partial charge in [0.25, 0.3) is 0 Å². The van der Waals surface area contributed by atoms with E-state index in [1.165, 1.54) is 0 Å². The number of hydrogen-bond acceptors (Lipinski definition) is 12. The topological polar surface area (TPSA) is 223 Å². The first kappa shape index (κ1) is 36.0. The predicted octanol–water partition coefficient (Wildman–Crippen LogP) is 6.24. The van der Waals surface area contributed by atoms with Crippen LogP contribution in [0.5, 0.6) is 0 Å². The molecular weight excluding hydrogens is 791 g/mol. The van der Waals surface area contributed by atoms with E-state index in [9.17, 15) is 0 Å². The van der Waals surface area contributed by atoms with Gasteiger partial charge < -0.3 is 19.1 Å². The smallest absolute Gasteiger partial charge is 0.735 e. The van der Waals surface area contributed by atoms with Crippen LogP contribution in [0.25, 0.3) is 89.7 Å². The number of halogens is 2. The predicted molar refractivity (Wildman–Crippen MR) is 187 cm³/mol. The van der Waals surface area contributed by atoms with Gasteiger partial charge in [-0.3, -0.25) is 0 Å². The Labute approximate surface area is 308 Å². The number of H-pyrrole nitrogens is 2. The van der Waals surface area contributed by atoms with Crippen LogP contribution in [0.1, 0.15) is 0 Å². The minimum absolute atomic E-state index is 0. The number of benzene rings is 4. The van der Waals surface area contributed by atoms with Crippen LogP contribution in [-0.4, -0.2) is 65.8 Å². The Morgan fingerprint density at radius 1 is 0.412 bits per heavy atom. The fraction of sp³-hybridized carbons (Fsp3) is 0. The van der Waals surface area contributed by atoms with Crippen LogP contribution >= 0.6 is 21.4 Å². The van der Waals surface area contributed by atoms with Gasteiger partial charge in [0, 0.05) is 65.2 Å². The zero-order chi connectivity index (χ0) is 35.2. The number of aromatic amines is 2. The average molecular weight is 809 g/mol. The molecular formula is C32H18Cl2CuN8O6S2. The van der Waals surface area contributed by atoms with Crippen LogP contribution in [0.2, 0.25) is 0 Å². The van der Waals surface area contributed by atoms with Crippen molar-refractivity contribution in [1.29, 1.82) is 0 Å². The summed E-state index contributed by atoms with van der Waals surface area (Å²) in [7, 11) is -0.995. The standard InChI is InChI=1S/C32H18N8.2ClHO3S.Cu/c1-2-10-18-17(9-1)25-33-26(18)38-28-21-13-5-6-14-22(21)30(35-28)40-32-24-16-8-7-15-23(24)31(36-32)39-29-20-12-4-3-11-19(20)27(34-29)37-25;2*1-5(2,3)4;/h1-16H,(H2,33,34,35,36,37,38,39,40);2*(H,2,3,4);/q;;;+2/p-2. The minimum atomic E-state index is -4.44. The Kier molecular flexibility index (Phi) is 9.91. The SMILES string of the molecule is O=S(=O)([O-])Cl.O=S(=O)([O-])Cl.[Cu+2].c1ccc2c(c1)-c1nc-2nc2[nH]c(nc3nc(nc4[nH]c(n1)c1ccccc41)-c1ccccc1-3)c1ccccc21. The Hall–Kier alpha value is -4.84. The van der Waals surface area contributed by atoms with Gasteiger partial charge in [0.15, 0.2) is 42.0 Å². The van der Waals surface area contributed by atoms with Crippen molar-refractivity contribution in [1.82, 2.24) is 39.9 Å². The summed E-state index contributed by atoms with van der Waals surface area (Å²) in [5.74, 6) is 2.39. The van der Waals surface area contributed by atoms with Gasteiger partial charge in [-0.15, -0.1) is 0 Å². The van der Waals surface area contributed by atoms with Crippen LogP contribution in [0.4, 0.5) is 0 Å². The molecule has 2 aliphatic rings. The van der Waals surface area contributed by atoms with Crippen molar-refractivity contribution in [2.45, 2.75) is 0 Å². The van der Waals surface area contributed by atoms with Gasteiger partial charge >= 0.3 is 17.1 Å². The summed E-state index contributed by atoms with van der Waals surface area (Å²) < 4.78 is 53.1. The molecule has 7 aromatic rings. The third-order valence-corrected chi connectivity index (χ3v) is 7.46. The fourth-order valence-corrected chi connectivity index (χ4v) is 5.59. The molecule has 0 saturated carbocycles. The summed E-state index contributed by atoms with van der Waals surface area (Å²) in [6.45, 7) is 0. The van der Waals surface area contributed by atoms with E-state index in [4.69, 9.17) is 55.8 Å². The molecule has 0 atom stereocenters. The summed E-state index contributed by atoms with van der Waals surface area (Å²) in [5.41, 5.74) is 6.45. The van der Waals surface area contributed by atoms with Gasteiger partial charge in [0.1, 0.15) is 22.6 Å². The van der Waals surface area contributed by atoms with Gasteiger partial charge in [0.05, 0.1) is 0 Å². The van der Waals surface area contributed by atoms with Crippen molar-refractivity contribution >= 4 is 84.2 Å². The van der Waals surface area contributed by atoms with E-state index in [1.807, 2.05) is 97.1 Å². The summed E-state index contributed by atoms with van der Waals surface area (Å²) in [6, 6.07) is 32.2. The maximum Gasteiger partial charge on any atom is 2.00 e. The van der Waals surface area contributed by atoms with Crippen LogP contribution in [0.3, 0.4) is 0 Å². The van der Waals surface area contributed by atoms with Crippen molar-refractivity contribution in [2.24, 2.45) is 0 Å². The van der Waals surface area contributed by atoms with Gasteiger partial charge in [0.2, 0.25) is 0 Å². The molecule has 9 rings (SSSR count). The zero-order valence-corrected chi connectivity index (χ0v) is 29.3. The van der Waals surface area contributed by atoms with Gasteiger partial charge in [-0.1, -0.05) is 97.1 Å². The van der Waals surface area contributed by atoms with Gasteiger partial charge in [-0.2, -0.15) is 0 Å². The second kappa shape index (κ2) is 14.1. The van der Waals surface area contributed by atoms with Crippen molar-refractivity contribution < 1.29 is 43.0 Å². The number of fused-ring (bicyclic) bond motifs is 20. The molecule has 51 heavy (non-hydrogen) atoms. The quantitative estimate of drug-likeness (QED) is 0.0987. The largest absolute Gasteiger partial charge is 2.00 e. The van der Waals surface area contributed by atoms with Crippen molar-refractivity contribution in [3.63, 3.8) is 0 Å². The van der Waals surface area contributed by atoms with Gasteiger partial charge in [-0.25, -0.2) is 46.7 Å². The Morgan fingerprint density at radius 2 is 0.608 bits per heavy atom. The van der Waals surface area contributed by atoms with Crippen LogP contribution in [0, 0.1) is 0 Å². The van der Waals surface area contributed by atoms with Crippen molar-refractivity contribution in [3.8, 4) is 45.6 Å². The third kappa shape index (κ3) is 7.90. The van der Waals surface area contributed by atoms with Crippen molar-refractivity contribution in [3.05, 3.63) is 97.1 Å². The van der Waals surface area contributed by atoms with E-state index >= 15 is 0 Å². The average Bonchev–Trinajstić information content (AvgIpc) is 3.79. The van der Waals surface area contributed by atoms with Crippen LogP contribution in [-0.2, 0) is 35.7 Å². The molecule has 2 N–H and O–H groups in total. The molecule has 19 heteroatoms. The maximum atomic E-state index is 8.84. The first-order chi connectivity index (χ1) is 23.8. The molecule has 259 valence electrons. The Morgan fingerprint density at radius 3 is 0.824 bits per heavy atom. The maximum absolute atomic E-state index is 8.84. The Bertz CT molecular complexity index is 2520. The molecule has 14 nitrogen and oxygen atoms in total. The molecule has 3 aromatic heterocycles. The summed E-state index contributed by atoms with van der Waals surface area (Å²) in [6.07, 6.45) is 0. The van der Waals surface area contributed by atoms with Crippen LogP contribution < -0.4 is 0 Å². The fourth-order valence-electron chi connectivity index (χ4n) is 5.59. The normalized spacial score (nSPS) is 11.7. The van der Waals surface area contributed by atoms with E-state index in [0.717, 1.165) is 43.8 Å². The molecule has 0 amide bonds. The van der Waals surface area contributed by atoms with E-state index in [1.54, 1.807) is 0 Å². The summed E-state index contributed by atoms with van der Waals surface area (Å²) in [4.78, 5) is 36.8. The first-order valence-electron chi connectivity index (χ1n) is 14.3. The molecule has 2 aliphatic heterocycles. The van der Waals surface area contributed by atoms with E-state index in [0.29, 0.717) is 45.9 Å². The molecule has 0 spiro atoms.